The highest BCUT2D eigenvalue weighted by molar-refractivity contribution is 7.92. The van der Waals surface area contributed by atoms with E-state index in [0.29, 0.717) is 18.3 Å². The van der Waals surface area contributed by atoms with Crippen LogP contribution in [0, 0.1) is 5.92 Å². The summed E-state index contributed by atoms with van der Waals surface area (Å²) in [4.78, 5) is 15.8. The summed E-state index contributed by atoms with van der Waals surface area (Å²) in [7, 11) is -4.34. The van der Waals surface area contributed by atoms with Crippen molar-refractivity contribution in [2.75, 3.05) is 0 Å². The van der Waals surface area contributed by atoms with Crippen LogP contribution in [0.3, 0.4) is 0 Å². The smallest absolute Gasteiger partial charge is 0.298 e. The molecule has 11 heteroatoms. The zero-order chi connectivity index (χ0) is 22.9. The van der Waals surface area contributed by atoms with Gasteiger partial charge in [0.05, 0.1) is 22.4 Å². The highest BCUT2D eigenvalue weighted by atomic mass is 32.2. The molecule has 0 spiro atoms. The molecule has 0 saturated carbocycles. The highest BCUT2D eigenvalue weighted by Gasteiger charge is 2.38. The number of carbonyl (C=O) groups excluding carboxylic acids is 1. The molecule has 0 radical (unpaired) electrons. The molecule has 2 aromatic rings. The number of pyridine rings is 1. The van der Waals surface area contributed by atoms with E-state index in [-0.39, 0.29) is 5.69 Å². The summed E-state index contributed by atoms with van der Waals surface area (Å²) in [5.41, 5.74) is -2.11. The first-order chi connectivity index (χ1) is 13.6. The van der Waals surface area contributed by atoms with Crippen LogP contribution in [0.25, 0.3) is 0 Å². The first kappa shape index (κ1) is 23.8. The molecule has 0 bridgehead atoms. The van der Waals surface area contributed by atoms with Crippen molar-refractivity contribution in [1.82, 2.24) is 4.98 Å². The molecule has 1 aromatic heterocycles. The van der Waals surface area contributed by atoms with Crippen molar-refractivity contribution < 1.29 is 39.6 Å². The lowest BCUT2D eigenvalue weighted by Crippen LogP contribution is -2.36. The maximum Gasteiger partial charge on any atom is 0.417 e. The molecule has 1 aromatic carbocycles. The molecular formula is C19H17F6NO3S. The van der Waals surface area contributed by atoms with E-state index >= 15 is 0 Å². The summed E-state index contributed by atoms with van der Waals surface area (Å²) in [6, 6.07) is 4.46. The Hall–Kier alpha value is -2.43. The number of halogens is 6. The SMILES string of the molecule is CC(C)C(C(=O)Cc1ccc(C(F)(F)F)cn1)S(=O)(=O)c1ccc(C(F)(F)F)cc1. The van der Waals surface area contributed by atoms with Gasteiger partial charge < -0.3 is 0 Å². The largest absolute Gasteiger partial charge is 0.417 e. The van der Waals surface area contributed by atoms with E-state index in [9.17, 15) is 39.6 Å². The van der Waals surface area contributed by atoms with Crippen LogP contribution in [0.15, 0.2) is 47.5 Å². The van der Waals surface area contributed by atoms with Crippen LogP contribution in [0.1, 0.15) is 30.7 Å². The Morgan fingerprint density at radius 2 is 1.40 bits per heavy atom. The standard InChI is InChI=1S/C19H17F6NO3S/c1-11(2)17(16(27)9-14-6-3-13(10-26-14)19(23,24)25)30(28,29)15-7-4-12(5-8-15)18(20,21)22/h3-8,10-11,17H,9H2,1-2H3. The average molecular weight is 453 g/mol. The van der Waals surface area contributed by atoms with Gasteiger partial charge in [0.15, 0.2) is 15.6 Å². The molecule has 4 nitrogen and oxygen atoms in total. The predicted octanol–water partition coefficient (Wildman–Crippen LogP) is 4.73. The summed E-state index contributed by atoms with van der Waals surface area (Å²) in [6.07, 6.45) is -9.26. The van der Waals surface area contributed by atoms with Gasteiger partial charge in [-0.1, -0.05) is 13.8 Å². The topological polar surface area (TPSA) is 64.1 Å². The van der Waals surface area contributed by atoms with Crippen molar-refractivity contribution in [1.29, 1.82) is 0 Å². The number of carbonyl (C=O) groups is 1. The molecule has 1 unspecified atom stereocenters. The van der Waals surface area contributed by atoms with Crippen LogP contribution in [-0.2, 0) is 33.4 Å². The van der Waals surface area contributed by atoms with E-state index in [1.54, 1.807) is 0 Å². The van der Waals surface area contributed by atoms with Gasteiger partial charge in [0.25, 0.3) is 0 Å². The average Bonchev–Trinajstić information content (AvgIpc) is 2.60. The lowest BCUT2D eigenvalue weighted by molar-refractivity contribution is -0.138. The van der Waals surface area contributed by atoms with Crippen molar-refractivity contribution in [3.63, 3.8) is 0 Å². The number of aromatic nitrogens is 1. The fraction of sp³-hybridized carbons (Fsp3) is 0.368. The fourth-order valence-corrected chi connectivity index (χ4v) is 4.81. The Kier molecular flexibility index (Phi) is 6.65. The molecule has 30 heavy (non-hydrogen) atoms. The Morgan fingerprint density at radius 3 is 1.80 bits per heavy atom. The summed E-state index contributed by atoms with van der Waals surface area (Å²) >= 11 is 0. The van der Waals surface area contributed by atoms with E-state index in [4.69, 9.17) is 0 Å². The maximum atomic E-state index is 12.9. The van der Waals surface area contributed by atoms with Gasteiger partial charge in [0.1, 0.15) is 5.25 Å². The van der Waals surface area contributed by atoms with Gasteiger partial charge in [-0.2, -0.15) is 26.3 Å². The van der Waals surface area contributed by atoms with Gasteiger partial charge in [0.2, 0.25) is 0 Å². The summed E-state index contributed by atoms with van der Waals surface area (Å²) < 4.78 is 102. The second-order valence-corrected chi connectivity index (χ2v) is 8.98. The van der Waals surface area contributed by atoms with Crippen LogP contribution < -0.4 is 0 Å². The zero-order valence-corrected chi connectivity index (χ0v) is 16.6. The van der Waals surface area contributed by atoms with E-state index in [2.05, 4.69) is 4.98 Å². The Bertz CT molecular complexity index is 995. The first-order valence-corrected chi connectivity index (χ1v) is 10.1. The number of benzene rings is 1. The van der Waals surface area contributed by atoms with E-state index in [1.165, 1.54) is 13.8 Å². The summed E-state index contributed by atoms with van der Waals surface area (Å²) in [5.74, 6) is -1.56. The third-order valence-corrected chi connectivity index (χ3v) is 6.68. The number of hydrogen-bond donors (Lipinski definition) is 0. The zero-order valence-electron chi connectivity index (χ0n) is 15.8. The number of nitrogens with zero attached hydrogens (tertiary/aromatic N) is 1. The number of hydrogen-bond acceptors (Lipinski definition) is 4. The number of ketones is 1. The number of alkyl halides is 6. The third kappa shape index (κ3) is 5.38. The minimum Gasteiger partial charge on any atom is -0.298 e. The maximum absolute atomic E-state index is 12.9. The van der Waals surface area contributed by atoms with Crippen LogP contribution in [0.2, 0.25) is 0 Å². The molecule has 1 atom stereocenters. The van der Waals surface area contributed by atoms with Gasteiger partial charge in [-0.15, -0.1) is 0 Å². The van der Waals surface area contributed by atoms with Crippen molar-refractivity contribution in [2.45, 2.75) is 42.8 Å². The second-order valence-electron chi connectivity index (χ2n) is 6.91. The second kappa shape index (κ2) is 8.37. The lowest BCUT2D eigenvalue weighted by atomic mass is 10.0. The van der Waals surface area contributed by atoms with E-state index < -0.39 is 61.6 Å². The van der Waals surface area contributed by atoms with Crippen molar-refractivity contribution >= 4 is 15.6 Å². The summed E-state index contributed by atoms with van der Waals surface area (Å²) in [5, 5.41) is -1.60. The van der Waals surface area contributed by atoms with E-state index in [1.807, 2.05) is 0 Å². The van der Waals surface area contributed by atoms with Crippen LogP contribution in [0.4, 0.5) is 26.3 Å². The molecule has 0 aliphatic rings. The fourth-order valence-electron chi connectivity index (χ4n) is 2.86. The predicted molar refractivity (Wildman–Crippen MR) is 95.2 cm³/mol. The summed E-state index contributed by atoms with van der Waals surface area (Å²) in [6.45, 7) is 2.90. The molecule has 0 N–H and O–H groups in total. The van der Waals surface area contributed by atoms with Crippen molar-refractivity contribution in [3.05, 3.63) is 59.4 Å². The van der Waals surface area contributed by atoms with Gasteiger partial charge in [-0.25, -0.2) is 8.42 Å². The number of sulfone groups is 1. The molecule has 0 aliphatic carbocycles. The van der Waals surface area contributed by atoms with Crippen molar-refractivity contribution in [2.24, 2.45) is 5.92 Å². The first-order valence-electron chi connectivity index (χ1n) is 8.60. The van der Waals surface area contributed by atoms with Crippen molar-refractivity contribution in [3.8, 4) is 0 Å². The normalized spacial score (nSPS) is 14.0. The monoisotopic (exact) mass is 453 g/mol. The number of rotatable bonds is 6. The molecule has 0 saturated heterocycles. The van der Waals surface area contributed by atoms with Gasteiger partial charge in [-0.05, 0) is 42.3 Å². The lowest BCUT2D eigenvalue weighted by Gasteiger charge is -2.20. The van der Waals surface area contributed by atoms with Gasteiger partial charge >= 0.3 is 12.4 Å². The van der Waals surface area contributed by atoms with Gasteiger partial charge in [0, 0.05) is 11.9 Å². The molecular weight excluding hydrogens is 436 g/mol. The Morgan fingerprint density at radius 1 is 0.900 bits per heavy atom. The Labute approximate surface area is 168 Å². The molecule has 164 valence electrons. The third-order valence-electron chi connectivity index (χ3n) is 4.27. The minimum absolute atomic E-state index is 0.0544. The molecule has 2 rings (SSSR count). The van der Waals surface area contributed by atoms with Crippen LogP contribution in [0.5, 0.6) is 0 Å². The molecule has 1 heterocycles. The highest BCUT2D eigenvalue weighted by Crippen LogP contribution is 2.32. The quantitative estimate of drug-likeness (QED) is 0.594. The van der Waals surface area contributed by atoms with Crippen LogP contribution >= 0.6 is 0 Å². The van der Waals surface area contributed by atoms with E-state index in [0.717, 1.165) is 24.3 Å². The molecule has 0 fully saturated rings. The minimum atomic E-state index is -4.65. The number of Topliss-reactive ketones (excluding diaryl/α,β-unsaturated/α-hetero) is 1. The van der Waals surface area contributed by atoms with Gasteiger partial charge in [-0.3, -0.25) is 9.78 Å². The Balaban J connectivity index is 2.30. The molecule has 0 amide bonds. The molecule has 0 aliphatic heterocycles. The van der Waals surface area contributed by atoms with Crippen LogP contribution in [-0.4, -0.2) is 24.4 Å².